The van der Waals surface area contributed by atoms with E-state index in [4.69, 9.17) is 4.74 Å². The van der Waals surface area contributed by atoms with Crippen molar-refractivity contribution in [3.8, 4) is 0 Å². The Morgan fingerprint density at radius 2 is 1.92 bits per heavy atom. The summed E-state index contributed by atoms with van der Waals surface area (Å²) in [7, 11) is 0. The highest BCUT2D eigenvalue weighted by molar-refractivity contribution is 5.75. The number of hydrogen-bond acceptors (Lipinski definition) is 2. The summed E-state index contributed by atoms with van der Waals surface area (Å²) < 4.78 is 19.1. The molecule has 1 saturated heterocycles. The second-order valence-electron chi connectivity index (χ2n) is 8.87. The second-order valence-corrected chi connectivity index (χ2v) is 8.87. The number of benzene rings is 1. The molecule has 1 spiro atoms. The lowest BCUT2D eigenvalue weighted by Gasteiger charge is -2.45. The fourth-order valence-electron chi connectivity index (χ4n) is 4.88. The number of amides is 2. The molecule has 0 aromatic heterocycles. The van der Waals surface area contributed by atoms with Crippen molar-refractivity contribution in [3.63, 3.8) is 0 Å². The fraction of sp³-hybridized carbons (Fsp3) is 0.650. The van der Waals surface area contributed by atoms with E-state index in [9.17, 15) is 9.18 Å². The molecule has 2 N–H and O–H groups in total. The molecular weight excluding hydrogens is 319 g/mol. The maximum absolute atomic E-state index is 13.3. The van der Waals surface area contributed by atoms with Crippen LogP contribution in [-0.2, 0) is 4.74 Å². The van der Waals surface area contributed by atoms with Gasteiger partial charge in [0.2, 0.25) is 0 Å². The topological polar surface area (TPSA) is 50.4 Å². The Hall–Kier alpha value is -1.62. The van der Waals surface area contributed by atoms with Gasteiger partial charge in [-0.3, -0.25) is 0 Å². The molecule has 0 bridgehead atoms. The number of carbonyl (C=O) groups is 1. The van der Waals surface area contributed by atoms with Crippen LogP contribution in [0.1, 0.15) is 57.4 Å². The fourth-order valence-corrected chi connectivity index (χ4v) is 4.88. The third-order valence-electron chi connectivity index (χ3n) is 6.06. The summed E-state index contributed by atoms with van der Waals surface area (Å²) in [6, 6.07) is 7.16. The Morgan fingerprint density at radius 3 is 2.56 bits per heavy atom. The molecule has 136 valence electrons. The van der Waals surface area contributed by atoms with Gasteiger partial charge >= 0.3 is 6.03 Å². The molecule has 0 unspecified atom stereocenters. The van der Waals surface area contributed by atoms with Gasteiger partial charge in [0.1, 0.15) is 5.82 Å². The van der Waals surface area contributed by atoms with Gasteiger partial charge in [0.05, 0.1) is 12.2 Å². The van der Waals surface area contributed by atoms with E-state index in [0.717, 1.165) is 44.3 Å². The molecule has 3 aliphatic rings. The largest absolute Gasteiger partial charge is 0.375 e. The van der Waals surface area contributed by atoms with Crippen LogP contribution in [-0.4, -0.2) is 30.3 Å². The first kappa shape index (κ1) is 16.8. The zero-order valence-corrected chi connectivity index (χ0v) is 15.0. The Kier molecular flexibility index (Phi) is 4.02. The van der Waals surface area contributed by atoms with Crippen LogP contribution >= 0.6 is 0 Å². The summed E-state index contributed by atoms with van der Waals surface area (Å²) in [6.45, 7) is 5.10. The third kappa shape index (κ3) is 3.52. The molecule has 1 aromatic rings. The number of urea groups is 1. The first-order valence-electron chi connectivity index (χ1n) is 9.29. The number of nitrogens with one attached hydrogen (secondary N) is 2. The second kappa shape index (κ2) is 5.97. The average molecular weight is 346 g/mol. The predicted octanol–water partition coefficient (Wildman–Crippen LogP) is 3.72. The molecular formula is C20H27FN2O2. The van der Waals surface area contributed by atoms with E-state index in [2.05, 4.69) is 24.5 Å². The summed E-state index contributed by atoms with van der Waals surface area (Å²) in [6.07, 6.45) is 4.87. The molecule has 2 saturated carbocycles. The van der Waals surface area contributed by atoms with Crippen molar-refractivity contribution in [2.75, 3.05) is 6.61 Å². The minimum Gasteiger partial charge on any atom is -0.375 e. The highest BCUT2D eigenvalue weighted by Crippen LogP contribution is 2.52. The van der Waals surface area contributed by atoms with E-state index in [1.807, 2.05) is 6.07 Å². The van der Waals surface area contributed by atoms with Crippen molar-refractivity contribution >= 4 is 6.03 Å². The first-order valence-corrected chi connectivity index (χ1v) is 9.29. The Labute approximate surface area is 148 Å². The summed E-state index contributed by atoms with van der Waals surface area (Å²) in [5.41, 5.74) is 1.29. The molecule has 1 aromatic carbocycles. The molecule has 4 nitrogen and oxygen atoms in total. The number of ether oxygens (including phenoxy) is 1. The molecule has 2 amide bonds. The smallest absolute Gasteiger partial charge is 0.315 e. The number of rotatable bonds is 3. The lowest BCUT2D eigenvalue weighted by atomic mass is 9.63. The molecule has 0 atom stereocenters. The van der Waals surface area contributed by atoms with Crippen LogP contribution in [0, 0.1) is 11.2 Å². The maximum Gasteiger partial charge on any atom is 0.315 e. The molecule has 3 fully saturated rings. The average Bonchev–Trinajstić information content (AvgIpc) is 2.78. The van der Waals surface area contributed by atoms with Crippen molar-refractivity contribution in [2.24, 2.45) is 5.41 Å². The molecule has 0 radical (unpaired) electrons. The van der Waals surface area contributed by atoms with E-state index in [1.165, 1.54) is 6.07 Å². The Bertz CT molecular complexity index is 663. The third-order valence-corrected chi connectivity index (χ3v) is 6.06. The monoisotopic (exact) mass is 346 g/mol. The Balaban J connectivity index is 1.18. The highest BCUT2D eigenvalue weighted by Gasteiger charge is 2.52. The van der Waals surface area contributed by atoms with Crippen LogP contribution in [0.15, 0.2) is 24.3 Å². The van der Waals surface area contributed by atoms with Gasteiger partial charge in [0, 0.05) is 17.5 Å². The van der Waals surface area contributed by atoms with Crippen LogP contribution in [0.2, 0.25) is 0 Å². The van der Waals surface area contributed by atoms with Crippen molar-refractivity contribution in [3.05, 3.63) is 35.6 Å². The lowest BCUT2D eigenvalue weighted by molar-refractivity contribution is 0.0188. The summed E-state index contributed by atoms with van der Waals surface area (Å²) in [4.78, 5) is 12.2. The van der Waals surface area contributed by atoms with Crippen LogP contribution in [0.4, 0.5) is 9.18 Å². The van der Waals surface area contributed by atoms with Gasteiger partial charge in [-0.15, -0.1) is 0 Å². The maximum atomic E-state index is 13.3. The van der Waals surface area contributed by atoms with Crippen LogP contribution in [0.5, 0.6) is 0 Å². The molecule has 4 rings (SSSR count). The van der Waals surface area contributed by atoms with Crippen molar-refractivity contribution in [2.45, 2.75) is 69.6 Å². The molecule has 2 aliphatic carbocycles. The van der Waals surface area contributed by atoms with Gasteiger partial charge in [0.15, 0.2) is 0 Å². The summed E-state index contributed by atoms with van der Waals surface area (Å²) in [5, 5.41) is 6.14. The normalized spacial score (nSPS) is 35.7. The van der Waals surface area contributed by atoms with Crippen molar-refractivity contribution in [1.29, 1.82) is 0 Å². The van der Waals surface area contributed by atoms with Gasteiger partial charge in [-0.05, 0) is 69.6 Å². The molecule has 1 heterocycles. The van der Waals surface area contributed by atoms with Gasteiger partial charge in [0.25, 0.3) is 0 Å². The highest BCUT2D eigenvalue weighted by atomic mass is 19.1. The van der Waals surface area contributed by atoms with Crippen LogP contribution < -0.4 is 10.6 Å². The van der Waals surface area contributed by atoms with E-state index >= 15 is 0 Å². The van der Waals surface area contributed by atoms with Gasteiger partial charge in [-0.1, -0.05) is 12.1 Å². The number of carbonyl (C=O) groups excluding carboxylic acids is 1. The van der Waals surface area contributed by atoms with Crippen LogP contribution in [0.25, 0.3) is 0 Å². The van der Waals surface area contributed by atoms with E-state index in [-0.39, 0.29) is 34.9 Å². The quantitative estimate of drug-likeness (QED) is 0.876. The minimum absolute atomic E-state index is 0.0227. The van der Waals surface area contributed by atoms with Gasteiger partial charge < -0.3 is 15.4 Å². The van der Waals surface area contributed by atoms with Crippen molar-refractivity contribution < 1.29 is 13.9 Å². The van der Waals surface area contributed by atoms with Gasteiger partial charge in [-0.2, -0.15) is 0 Å². The van der Waals surface area contributed by atoms with E-state index < -0.39 is 0 Å². The molecule has 25 heavy (non-hydrogen) atoms. The molecule has 1 aliphatic heterocycles. The predicted molar refractivity (Wildman–Crippen MR) is 93.9 cm³/mol. The number of halogens is 1. The SMILES string of the molecule is CC1(C)CC2(CO1)CC(NC(=O)NC1CC(c3cccc(F)c3)C1)C2. The van der Waals surface area contributed by atoms with E-state index in [0.29, 0.717) is 5.92 Å². The minimum atomic E-state index is -0.190. The summed E-state index contributed by atoms with van der Waals surface area (Å²) >= 11 is 0. The standard InChI is InChI=1S/C20H27FN2O2/c1-19(2)11-20(12-25-19)9-17(10-20)23-18(24)22-16-7-14(8-16)13-4-3-5-15(21)6-13/h3-6,14,16-17H,7-12H2,1-2H3,(H2,22,23,24). The molecule has 5 heteroatoms. The van der Waals surface area contributed by atoms with E-state index in [1.54, 1.807) is 12.1 Å². The Morgan fingerprint density at radius 1 is 1.20 bits per heavy atom. The summed E-state index contributed by atoms with van der Waals surface area (Å²) in [5.74, 6) is 0.162. The number of hydrogen-bond donors (Lipinski definition) is 2. The lowest BCUT2D eigenvalue weighted by Crippen LogP contribution is -2.56. The van der Waals surface area contributed by atoms with Gasteiger partial charge in [-0.25, -0.2) is 9.18 Å². The zero-order chi connectivity index (χ0) is 17.7. The van der Waals surface area contributed by atoms with Crippen molar-refractivity contribution in [1.82, 2.24) is 10.6 Å². The zero-order valence-electron chi connectivity index (χ0n) is 15.0. The first-order chi connectivity index (χ1) is 11.8. The van der Waals surface area contributed by atoms with Crippen LogP contribution in [0.3, 0.4) is 0 Å².